The maximum Gasteiger partial charge on any atom is 0.256 e. The van der Waals surface area contributed by atoms with Crippen molar-refractivity contribution in [2.75, 3.05) is 23.9 Å². The first-order chi connectivity index (χ1) is 15.9. The largest absolute Gasteiger partial charge is 0.497 e. The van der Waals surface area contributed by atoms with Gasteiger partial charge in [0.2, 0.25) is 5.91 Å². The van der Waals surface area contributed by atoms with Crippen LogP contribution in [0.2, 0.25) is 0 Å². The van der Waals surface area contributed by atoms with Gasteiger partial charge in [-0.05, 0) is 67.2 Å². The number of thiocarbonyl (C=S) groups is 1. The Kier molecular flexibility index (Phi) is 9.26. The maximum atomic E-state index is 13.4. The summed E-state index contributed by atoms with van der Waals surface area (Å²) in [5.41, 5.74) is 1.37. The van der Waals surface area contributed by atoms with E-state index in [2.05, 4.69) is 28.2 Å². The second-order valence-electron chi connectivity index (χ2n) is 8.04. The van der Waals surface area contributed by atoms with Crippen LogP contribution in [0.5, 0.6) is 5.75 Å². The fourth-order valence-electron chi connectivity index (χ4n) is 3.86. The Labute approximate surface area is 209 Å². The quantitative estimate of drug-likeness (QED) is 0.295. The molecule has 2 amide bonds. The van der Waals surface area contributed by atoms with Gasteiger partial charge in [0.15, 0.2) is 5.11 Å². The van der Waals surface area contributed by atoms with E-state index in [0.717, 1.165) is 23.7 Å². The summed E-state index contributed by atoms with van der Waals surface area (Å²) in [6.07, 6.45) is 5.56. The number of anilines is 2. The predicted octanol–water partition coefficient (Wildman–Crippen LogP) is 5.76. The van der Waals surface area contributed by atoms with E-state index in [4.69, 9.17) is 17.0 Å². The zero-order valence-electron chi connectivity index (χ0n) is 19.1. The highest BCUT2D eigenvalue weighted by molar-refractivity contribution is 9.10. The van der Waals surface area contributed by atoms with Crippen molar-refractivity contribution >= 4 is 56.4 Å². The van der Waals surface area contributed by atoms with Crippen LogP contribution in [0.25, 0.3) is 0 Å². The number of rotatable bonds is 11. The Balaban J connectivity index is 1.75. The Morgan fingerprint density at radius 1 is 1.06 bits per heavy atom. The summed E-state index contributed by atoms with van der Waals surface area (Å²) in [5.74, 6) is 0.310. The van der Waals surface area contributed by atoms with E-state index in [0.29, 0.717) is 28.8 Å². The molecule has 1 unspecified atom stereocenters. The van der Waals surface area contributed by atoms with E-state index >= 15 is 0 Å². The van der Waals surface area contributed by atoms with Gasteiger partial charge in [-0.15, -0.1) is 0 Å². The molecule has 1 N–H and O–H groups in total. The molecule has 0 spiro atoms. The first-order valence-corrected chi connectivity index (χ1v) is 12.5. The Morgan fingerprint density at radius 2 is 1.73 bits per heavy atom. The van der Waals surface area contributed by atoms with Crippen molar-refractivity contribution in [2.45, 2.75) is 51.5 Å². The smallest absolute Gasteiger partial charge is 0.256 e. The Hall–Kier alpha value is -2.45. The van der Waals surface area contributed by atoms with E-state index in [9.17, 15) is 9.59 Å². The van der Waals surface area contributed by atoms with E-state index in [1.807, 2.05) is 41.3 Å². The lowest BCUT2D eigenvalue weighted by atomic mass is 10.1. The normalized spacial score (nSPS) is 15.8. The zero-order chi connectivity index (χ0) is 23.8. The van der Waals surface area contributed by atoms with Crippen LogP contribution in [0, 0.1) is 0 Å². The summed E-state index contributed by atoms with van der Waals surface area (Å²) >= 11 is 9.11. The lowest BCUT2D eigenvalue weighted by molar-refractivity contribution is -0.124. The Morgan fingerprint density at radius 3 is 2.36 bits per heavy atom. The van der Waals surface area contributed by atoms with Gasteiger partial charge in [0.1, 0.15) is 11.8 Å². The SMILES string of the molecule is CCCCCCCN1C(=S)N(c2ccc(OC)cc2)C(=O)C1CC(=O)Nc1ccc(Br)cc1. The predicted molar refractivity (Wildman–Crippen MR) is 140 cm³/mol. The van der Waals surface area contributed by atoms with Crippen LogP contribution in [0.3, 0.4) is 0 Å². The van der Waals surface area contributed by atoms with E-state index < -0.39 is 6.04 Å². The molecule has 0 bridgehead atoms. The third kappa shape index (κ3) is 6.54. The van der Waals surface area contributed by atoms with Crippen LogP contribution in [0.4, 0.5) is 11.4 Å². The number of unbranched alkanes of at least 4 members (excludes halogenated alkanes) is 4. The summed E-state index contributed by atoms with van der Waals surface area (Å²) in [6.45, 7) is 2.83. The molecule has 8 heteroatoms. The molecule has 0 radical (unpaired) electrons. The standard InChI is InChI=1S/C25H30BrN3O3S/c1-3-4-5-6-7-16-28-22(17-23(30)27-19-10-8-18(26)9-11-19)24(31)29(25(28)33)20-12-14-21(32-2)15-13-20/h8-15,22H,3-7,16-17H2,1-2H3,(H,27,30). The van der Waals surface area contributed by atoms with Gasteiger partial charge in [-0.2, -0.15) is 0 Å². The average Bonchev–Trinajstić information content (AvgIpc) is 3.04. The van der Waals surface area contributed by atoms with Gasteiger partial charge >= 0.3 is 0 Å². The minimum absolute atomic E-state index is 0.0383. The molecule has 0 aromatic heterocycles. The summed E-state index contributed by atoms with van der Waals surface area (Å²) in [4.78, 5) is 29.7. The van der Waals surface area contributed by atoms with Gasteiger partial charge in [0.05, 0.1) is 19.2 Å². The summed E-state index contributed by atoms with van der Waals surface area (Å²) in [5, 5.41) is 3.34. The summed E-state index contributed by atoms with van der Waals surface area (Å²) in [6, 6.07) is 14.0. The number of hydrogen-bond acceptors (Lipinski definition) is 4. The fourth-order valence-corrected chi connectivity index (χ4v) is 4.54. The number of amides is 2. The molecule has 3 rings (SSSR count). The number of benzene rings is 2. The van der Waals surface area contributed by atoms with Crippen molar-refractivity contribution < 1.29 is 14.3 Å². The second kappa shape index (κ2) is 12.1. The fraction of sp³-hybridized carbons (Fsp3) is 0.400. The minimum atomic E-state index is -0.624. The van der Waals surface area contributed by atoms with E-state index in [-0.39, 0.29) is 18.2 Å². The van der Waals surface area contributed by atoms with Crippen LogP contribution in [-0.2, 0) is 9.59 Å². The molecular weight excluding hydrogens is 502 g/mol. The third-order valence-electron chi connectivity index (χ3n) is 5.66. The number of halogens is 1. The molecular formula is C25H30BrN3O3S. The van der Waals surface area contributed by atoms with Gasteiger partial charge < -0.3 is 15.0 Å². The van der Waals surface area contributed by atoms with Crippen molar-refractivity contribution in [3.05, 3.63) is 53.0 Å². The zero-order valence-corrected chi connectivity index (χ0v) is 21.5. The number of methoxy groups -OCH3 is 1. The first kappa shape index (κ1) is 25.2. The average molecular weight is 533 g/mol. The van der Waals surface area contributed by atoms with Gasteiger partial charge in [0.25, 0.3) is 5.91 Å². The molecule has 1 aliphatic rings. The molecule has 1 fully saturated rings. The van der Waals surface area contributed by atoms with Crippen LogP contribution in [0.1, 0.15) is 45.4 Å². The lowest BCUT2D eigenvalue weighted by Gasteiger charge is -2.24. The van der Waals surface area contributed by atoms with Gasteiger partial charge in [0, 0.05) is 16.7 Å². The topological polar surface area (TPSA) is 61.9 Å². The molecule has 176 valence electrons. The van der Waals surface area contributed by atoms with Crippen molar-refractivity contribution in [3.8, 4) is 5.75 Å². The monoisotopic (exact) mass is 531 g/mol. The summed E-state index contributed by atoms with van der Waals surface area (Å²) < 4.78 is 6.16. The van der Waals surface area contributed by atoms with Crippen LogP contribution in [-0.4, -0.2) is 41.5 Å². The van der Waals surface area contributed by atoms with Crippen molar-refractivity contribution in [1.82, 2.24) is 4.90 Å². The highest BCUT2D eigenvalue weighted by Crippen LogP contribution is 2.29. The van der Waals surface area contributed by atoms with Gasteiger partial charge in [-0.25, -0.2) is 0 Å². The molecule has 2 aromatic rings. The molecule has 33 heavy (non-hydrogen) atoms. The van der Waals surface area contributed by atoms with Gasteiger partial charge in [-0.3, -0.25) is 14.5 Å². The molecule has 6 nitrogen and oxygen atoms in total. The maximum absolute atomic E-state index is 13.4. The van der Waals surface area contributed by atoms with Crippen LogP contribution < -0.4 is 15.0 Å². The first-order valence-electron chi connectivity index (χ1n) is 11.3. The van der Waals surface area contributed by atoms with E-state index in [1.54, 1.807) is 24.1 Å². The highest BCUT2D eigenvalue weighted by atomic mass is 79.9. The van der Waals surface area contributed by atoms with E-state index in [1.165, 1.54) is 12.8 Å². The molecule has 1 aliphatic heterocycles. The van der Waals surface area contributed by atoms with Gasteiger partial charge in [-0.1, -0.05) is 48.5 Å². The van der Waals surface area contributed by atoms with Crippen molar-refractivity contribution in [3.63, 3.8) is 0 Å². The minimum Gasteiger partial charge on any atom is -0.497 e. The second-order valence-corrected chi connectivity index (χ2v) is 9.32. The number of hydrogen-bond donors (Lipinski definition) is 1. The molecule has 1 saturated heterocycles. The van der Waals surface area contributed by atoms with Crippen LogP contribution in [0.15, 0.2) is 53.0 Å². The molecule has 0 saturated carbocycles. The molecule has 2 aromatic carbocycles. The number of nitrogens with one attached hydrogen (secondary N) is 1. The number of ether oxygens (including phenoxy) is 1. The number of nitrogens with zero attached hydrogens (tertiary/aromatic N) is 2. The molecule has 1 heterocycles. The number of carbonyl (C=O) groups is 2. The molecule has 1 atom stereocenters. The van der Waals surface area contributed by atoms with Crippen LogP contribution >= 0.6 is 28.1 Å². The number of carbonyl (C=O) groups excluding carboxylic acids is 2. The molecule has 0 aliphatic carbocycles. The lowest BCUT2D eigenvalue weighted by Crippen LogP contribution is -2.38. The summed E-state index contributed by atoms with van der Waals surface area (Å²) in [7, 11) is 1.60. The highest BCUT2D eigenvalue weighted by Gasteiger charge is 2.43. The van der Waals surface area contributed by atoms with Crippen molar-refractivity contribution in [2.24, 2.45) is 0 Å². The van der Waals surface area contributed by atoms with Crippen molar-refractivity contribution in [1.29, 1.82) is 0 Å². The third-order valence-corrected chi connectivity index (χ3v) is 6.60. The Bertz CT molecular complexity index is 966.